The van der Waals surface area contributed by atoms with Crippen molar-refractivity contribution in [1.82, 2.24) is 4.98 Å². The number of pyridine rings is 1. The molecule has 0 radical (unpaired) electrons. The van der Waals surface area contributed by atoms with Crippen LogP contribution in [0.3, 0.4) is 0 Å². The lowest BCUT2D eigenvalue weighted by atomic mass is 9.87. The van der Waals surface area contributed by atoms with Gasteiger partial charge in [-0.3, -0.25) is 14.4 Å². The van der Waals surface area contributed by atoms with Crippen molar-refractivity contribution in [1.29, 1.82) is 0 Å². The maximum Gasteiger partial charge on any atom is 0.309 e. The van der Waals surface area contributed by atoms with Gasteiger partial charge in [0.25, 0.3) is 0 Å². The molecule has 1 heterocycles. The maximum absolute atomic E-state index is 13.1. The van der Waals surface area contributed by atoms with Gasteiger partial charge < -0.3 is 18.9 Å². The molecule has 2 atom stereocenters. The number of nitrogens with zero attached hydrogens (tertiary/aromatic N) is 1. The molecule has 1 aromatic heterocycles. The summed E-state index contributed by atoms with van der Waals surface area (Å²) in [5.74, 6) is -2.08. The summed E-state index contributed by atoms with van der Waals surface area (Å²) in [6.45, 7) is 4.31. The van der Waals surface area contributed by atoms with E-state index in [1.165, 1.54) is 26.3 Å². The zero-order valence-electron chi connectivity index (χ0n) is 21.4. The van der Waals surface area contributed by atoms with Crippen LogP contribution in [-0.4, -0.2) is 42.7 Å². The molecule has 0 spiro atoms. The van der Waals surface area contributed by atoms with Crippen LogP contribution < -0.4 is 9.47 Å². The molecule has 3 rings (SSSR count). The Hall–Kier alpha value is -4.20. The standard InChI is InChI=1S/C29H31NO7/c1-19(17-24(32)27-28(36-18-35-21(3)31)25(34-4)15-16-30-27)29(33)37-20(2)26(22-11-7-5-8-12-22)23-13-9-6-10-14-23/h5-16,19-20,26H,17-18H2,1-4H3/t19-,20?/m1/s1. The third-order valence-electron chi connectivity index (χ3n) is 5.80. The van der Waals surface area contributed by atoms with Crippen LogP contribution in [0, 0.1) is 5.92 Å². The van der Waals surface area contributed by atoms with Gasteiger partial charge >= 0.3 is 11.9 Å². The van der Waals surface area contributed by atoms with E-state index in [0.29, 0.717) is 0 Å². The van der Waals surface area contributed by atoms with E-state index in [1.54, 1.807) is 6.92 Å². The summed E-state index contributed by atoms with van der Waals surface area (Å²) < 4.78 is 21.4. The normalized spacial score (nSPS) is 12.4. The van der Waals surface area contributed by atoms with Crippen LogP contribution in [0.1, 0.15) is 54.7 Å². The summed E-state index contributed by atoms with van der Waals surface area (Å²) in [5, 5.41) is 0. The third-order valence-corrected chi connectivity index (χ3v) is 5.80. The summed E-state index contributed by atoms with van der Waals surface area (Å²) in [6.07, 6.45) is 0.768. The molecule has 0 fully saturated rings. The number of methoxy groups -OCH3 is 1. The van der Waals surface area contributed by atoms with Crippen molar-refractivity contribution in [3.63, 3.8) is 0 Å². The first kappa shape index (κ1) is 27.4. The average molecular weight is 506 g/mol. The minimum atomic E-state index is -0.739. The average Bonchev–Trinajstić information content (AvgIpc) is 2.89. The Morgan fingerprint density at radius 3 is 2.03 bits per heavy atom. The lowest BCUT2D eigenvalue weighted by molar-refractivity contribution is -0.153. The highest BCUT2D eigenvalue weighted by Crippen LogP contribution is 2.32. The number of ketones is 1. The predicted molar refractivity (Wildman–Crippen MR) is 136 cm³/mol. The summed E-state index contributed by atoms with van der Waals surface area (Å²) in [5.41, 5.74) is 2.02. The van der Waals surface area contributed by atoms with Gasteiger partial charge in [0.2, 0.25) is 6.79 Å². The fourth-order valence-electron chi connectivity index (χ4n) is 3.98. The Kier molecular flexibility index (Phi) is 9.77. The zero-order valence-corrected chi connectivity index (χ0v) is 21.4. The molecule has 0 aliphatic carbocycles. The van der Waals surface area contributed by atoms with Crippen LogP contribution in [0.2, 0.25) is 0 Å². The van der Waals surface area contributed by atoms with E-state index >= 15 is 0 Å². The Labute approximate surface area is 216 Å². The van der Waals surface area contributed by atoms with Crippen molar-refractivity contribution in [2.45, 2.75) is 39.2 Å². The van der Waals surface area contributed by atoms with Crippen molar-refractivity contribution < 1.29 is 33.3 Å². The second-order valence-corrected chi connectivity index (χ2v) is 8.56. The van der Waals surface area contributed by atoms with Gasteiger partial charge in [0.1, 0.15) is 6.10 Å². The number of carbonyl (C=O) groups is 3. The fourth-order valence-corrected chi connectivity index (χ4v) is 3.98. The Morgan fingerprint density at radius 2 is 1.49 bits per heavy atom. The van der Waals surface area contributed by atoms with Crippen LogP contribution in [0.5, 0.6) is 11.5 Å². The fraction of sp³-hybridized carbons (Fsp3) is 0.310. The van der Waals surface area contributed by atoms with E-state index < -0.39 is 36.5 Å². The van der Waals surface area contributed by atoms with E-state index in [-0.39, 0.29) is 29.5 Å². The lowest BCUT2D eigenvalue weighted by Crippen LogP contribution is -2.28. The van der Waals surface area contributed by atoms with Gasteiger partial charge in [-0.25, -0.2) is 4.98 Å². The first-order valence-electron chi connectivity index (χ1n) is 11.9. The Bertz CT molecular complexity index is 1160. The van der Waals surface area contributed by atoms with Crippen LogP contribution in [-0.2, 0) is 19.1 Å². The molecule has 8 nitrogen and oxygen atoms in total. The number of ether oxygens (including phenoxy) is 4. The molecule has 8 heteroatoms. The maximum atomic E-state index is 13.1. The van der Waals surface area contributed by atoms with E-state index in [2.05, 4.69) is 4.98 Å². The van der Waals surface area contributed by atoms with Gasteiger partial charge in [-0.05, 0) is 18.1 Å². The van der Waals surface area contributed by atoms with Crippen LogP contribution in [0.15, 0.2) is 72.9 Å². The van der Waals surface area contributed by atoms with Crippen molar-refractivity contribution in [2.24, 2.45) is 5.92 Å². The van der Waals surface area contributed by atoms with Gasteiger partial charge in [-0.15, -0.1) is 0 Å². The third kappa shape index (κ3) is 7.39. The number of Topliss-reactive ketones (excluding diaryl/α,β-unsaturated/α-hetero) is 1. The van der Waals surface area contributed by atoms with E-state index in [0.717, 1.165) is 11.1 Å². The summed E-state index contributed by atoms with van der Waals surface area (Å²) in [6, 6.07) is 21.2. The van der Waals surface area contributed by atoms with E-state index in [4.69, 9.17) is 18.9 Å². The number of esters is 2. The van der Waals surface area contributed by atoms with Gasteiger partial charge in [0, 0.05) is 31.5 Å². The second-order valence-electron chi connectivity index (χ2n) is 8.56. The van der Waals surface area contributed by atoms with Crippen LogP contribution in [0.4, 0.5) is 0 Å². The minimum Gasteiger partial charge on any atom is -0.493 e. The molecule has 0 amide bonds. The molecular weight excluding hydrogens is 474 g/mol. The van der Waals surface area contributed by atoms with Crippen molar-refractivity contribution in [3.05, 3.63) is 89.7 Å². The van der Waals surface area contributed by atoms with Crippen LogP contribution >= 0.6 is 0 Å². The number of rotatable bonds is 12. The first-order chi connectivity index (χ1) is 17.8. The Balaban J connectivity index is 1.72. The number of hydrogen-bond donors (Lipinski definition) is 0. The molecule has 3 aromatic rings. The molecule has 1 unspecified atom stereocenters. The van der Waals surface area contributed by atoms with Gasteiger partial charge in [0.15, 0.2) is 23.0 Å². The monoisotopic (exact) mass is 505 g/mol. The molecule has 37 heavy (non-hydrogen) atoms. The number of carbonyl (C=O) groups excluding carboxylic acids is 3. The van der Waals surface area contributed by atoms with E-state index in [1.807, 2.05) is 67.6 Å². The molecule has 0 bridgehead atoms. The predicted octanol–water partition coefficient (Wildman–Crippen LogP) is 4.96. The molecule has 0 N–H and O–H groups in total. The number of hydrogen-bond acceptors (Lipinski definition) is 8. The summed E-state index contributed by atoms with van der Waals surface area (Å²) >= 11 is 0. The molecular formula is C29H31NO7. The molecule has 0 aliphatic rings. The van der Waals surface area contributed by atoms with Crippen molar-refractivity contribution in [3.8, 4) is 11.5 Å². The van der Waals surface area contributed by atoms with Crippen molar-refractivity contribution in [2.75, 3.05) is 13.9 Å². The highest BCUT2D eigenvalue weighted by Gasteiger charge is 2.29. The minimum absolute atomic E-state index is 0.0225. The second kappa shape index (κ2) is 13.2. The first-order valence-corrected chi connectivity index (χ1v) is 11.9. The van der Waals surface area contributed by atoms with Crippen molar-refractivity contribution >= 4 is 17.7 Å². The number of benzene rings is 2. The molecule has 0 saturated carbocycles. The van der Waals surface area contributed by atoms with Crippen LogP contribution in [0.25, 0.3) is 0 Å². The number of aromatic nitrogens is 1. The van der Waals surface area contributed by atoms with E-state index in [9.17, 15) is 14.4 Å². The largest absolute Gasteiger partial charge is 0.493 e. The highest BCUT2D eigenvalue weighted by molar-refractivity contribution is 5.99. The quantitative estimate of drug-likeness (QED) is 0.193. The van der Waals surface area contributed by atoms with Gasteiger partial charge in [-0.1, -0.05) is 67.6 Å². The topological polar surface area (TPSA) is 101 Å². The summed E-state index contributed by atoms with van der Waals surface area (Å²) in [4.78, 5) is 41.3. The molecule has 0 saturated heterocycles. The lowest BCUT2D eigenvalue weighted by Gasteiger charge is -2.26. The summed E-state index contributed by atoms with van der Waals surface area (Å²) in [7, 11) is 1.42. The Morgan fingerprint density at radius 1 is 0.892 bits per heavy atom. The SMILES string of the molecule is COc1ccnc(C(=O)C[C@@H](C)C(=O)OC(C)C(c2ccccc2)c2ccccc2)c1OCOC(C)=O. The smallest absolute Gasteiger partial charge is 0.309 e. The molecule has 194 valence electrons. The molecule has 2 aromatic carbocycles. The van der Waals surface area contributed by atoms with Gasteiger partial charge in [-0.2, -0.15) is 0 Å². The molecule has 0 aliphatic heterocycles. The van der Waals surface area contributed by atoms with Gasteiger partial charge in [0.05, 0.1) is 13.0 Å². The highest BCUT2D eigenvalue weighted by atomic mass is 16.7. The zero-order chi connectivity index (χ0) is 26.8.